The Morgan fingerprint density at radius 1 is 1.06 bits per heavy atom. The molecule has 1 aromatic heterocycles. The first-order valence-electron chi connectivity index (χ1n) is 11.1. The highest BCUT2D eigenvalue weighted by Crippen LogP contribution is 2.36. The predicted octanol–water partition coefficient (Wildman–Crippen LogP) is 5.69. The summed E-state index contributed by atoms with van der Waals surface area (Å²) in [6.45, 7) is 6.35. The molecule has 164 valence electrons. The van der Waals surface area contributed by atoms with E-state index < -0.39 is 0 Å². The van der Waals surface area contributed by atoms with E-state index in [2.05, 4.69) is 59.4 Å². The third-order valence-electron chi connectivity index (χ3n) is 6.14. The van der Waals surface area contributed by atoms with E-state index in [-0.39, 0.29) is 0 Å². The summed E-state index contributed by atoms with van der Waals surface area (Å²) in [7, 11) is 3.82. The van der Waals surface area contributed by atoms with Gasteiger partial charge in [0.2, 0.25) is 0 Å². The predicted molar refractivity (Wildman–Crippen MR) is 127 cm³/mol. The summed E-state index contributed by atoms with van der Waals surface area (Å²) in [5, 5.41) is 0.531. The number of aromatic nitrogens is 2. The molecule has 0 saturated heterocycles. The summed E-state index contributed by atoms with van der Waals surface area (Å²) in [4.78, 5) is 6.95. The van der Waals surface area contributed by atoms with Crippen LogP contribution >= 0.6 is 11.5 Å². The molecule has 0 spiro atoms. The maximum absolute atomic E-state index is 6.11. The maximum Gasteiger partial charge on any atom is 0.299 e. The second-order valence-electron chi connectivity index (χ2n) is 8.25. The van der Waals surface area contributed by atoms with Crippen LogP contribution in [0.1, 0.15) is 42.0 Å². The van der Waals surface area contributed by atoms with Gasteiger partial charge in [-0.25, -0.2) is 0 Å². The summed E-state index contributed by atoms with van der Waals surface area (Å²) in [6.07, 6.45) is 5.85. The normalized spacial score (nSPS) is 13.3. The molecule has 0 radical (unpaired) electrons. The first-order chi connectivity index (χ1) is 15.1. The fourth-order valence-corrected chi connectivity index (χ4v) is 4.58. The lowest BCUT2D eigenvalue weighted by atomic mass is 9.90. The lowest BCUT2D eigenvalue weighted by Gasteiger charge is -2.16. The van der Waals surface area contributed by atoms with Gasteiger partial charge in [0.1, 0.15) is 0 Å². The van der Waals surface area contributed by atoms with Gasteiger partial charge in [-0.15, -0.1) is 0 Å². The Morgan fingerprint density at radius 3 is 2.65 bits per heavy atom. The zero-order chi connectivity index (χ0) is 21.8. The molecular formula is C25H31N3O2S. The van der Waals surface area contributed by atoms with Crippen LogP contribution in [0.5, 0.6) is 16.7 Å². The van der Waals surface area contributed by atoms with Crippen molar-refractivity contribution >= 4 is 11.5 Å². The fraction of sp³-hybridized carbons (Fsp3) is 0.440. The summed E-state index contributed by atoms with van der Waals surface area (Å²) >= 11 is 1.28. The number of aryl methyl sites for hydroxylation is 3. The van der Waals surface area contributed by atoms with Gasteiger partial charge in [-0.2, -0.15) is 9.36 Å². The van der Waals surface area contributed by atoms with Gasteiger partial charge in [0.15, 0.2) is 17.3 Å². The van der Waals surface area contributed by atoms with Crippen LogP contribution in [0.25, 0.3) is 11.4 Å². The zero-order valence-electron chi connectivity index (χ0n) is 18.9. The third-order valence-corrected chi connectivity index (χ3v) is 6.73. The van der Waals surface area contributed by atoms with Gasteiger partial charge >= 0.3 is 0 Å². The summed E-state index contributed by atoms with van der Waals surface area (Å²) in [6, 6.07) is 10.7. The van der Waals surface area contributed by atoms with Gasteiger partial charge in [0, 0.05) is 23.6 Å². The Balaban J connectivity index is 1.52. The van der Waals surface area contributed by atoms with Crippen molar-refractivity contribution in [3.8, 4) is 28.1 Å². The highest BCUT2D eigenvalue weighted by Gasteiger charge is 2.16. The molecule has 5 nitrogen and oxygen atoms in total. The van der Waals surface area contributed by atoms with Gasteiger partial charge in [0.05, 0.1) is 7.11 Å². The lowest BCUT2D eigenvalue weighted by Crippen LogP contribution is -2.20. The second-order valence-corrected chi connectivity index (χ2v) is 8.97. The van der Waals surface area contributed by atoms with Crippen LogP contribution in [0.3, 0.4) is 0 Å². The molecular weight excluding hydrogens is 406 g/mol. The molecule has 0 saturated carbocycles. The first-order valence-corrected chi connectivity index (χ1v) is 11.8. The van der Waals surface area contributed by atoms with Gasteiger partial charge in [-0.1, -0.05) is 19.1 Å². The van der Waals surface area contributed by atoms with E-state index in [1.165, 1.54) is 53.0 Å². The topological polar surface area (TPSA) is 47.5 Å². The Morgan fingerprint density at radius 2 is 1.87 bits per heavy atom. The minimum absolute atomic E-state index is 0.531. The van der Waals surface area contributed by atoms with Crippen LogP contribution in [0, 0.1) is 6.92 Å². The smallest absolute Gasteiger partial charge is 0.299 e. The van der Waals surface area contributed by atoms with Crippen molar-refractivity contribution < 1.29 is 9.47 Å². The van der Waals surface area contributed by atoms with E-state index in [1.54, 1.807) is 7.11 Å². The van der Waals surface area contributed by atoms with Crippen molar-refractivity contribution in [1.29, 1.82) is 0 Å². The van der Waals surface area contributed by atoms with Crippen LogP contribution in [0.2, 0.25) is 0 Å². The lowest BCUT2D eigenvalue weighted by molar-refractivity contribution is 0.355. The molecule has 0 amide bonds. The number of methoxy groups -OCH3 is 1. The summed E-state index contributed by atoms with van der Waals surface area (Å²) in [5.41, 5.74) is 6.43. The minimum atomic E-state index is 0.531. The number of likely N-dealkylation sites (N-methyl/N-ethyl adjacent to an activating group) is 1. The highest BCUT2D eigenvalue weighted by atomic mass is 32.1. The quantitative estimate of drug-likeness (QED) is 0.453. The molecule has 31 heavy (non-hydrogen) atoms. The largest absolute Gasteiger partial charge is 0.493 e. The first kappa shape index (κ1) is 21.8. The Kier molecular flexibility index (Phi) is 6.88. The van der Waals surface area contributed by atoms with E-state index in [0.29, 0.717) is 10.9 Å². The van der Waals surface area contributed by atoms with Gasteiger partial charge in [0.25, 0.3) is 5.19 Å². The highest BCUT2D eigenvalue weighted by molar-refractivity contribution is 7.07. The third kappa shape index (κ3) is 5.08. The van der Waals surface area contributed by atoms with E-state index >= 15 is 0 Å². The molecule has 0 aliphatic heterocycles. The Bertz CT molecular complexity index is 1050. The van der Waals surface area contributed by atoms with Gasteiger partial charge in [-0.05, 0) is 93.1 Å². The van der Waals surface area contributed by atoms with Crippen LogP contribution < -0.4 is 9.47 Å². The van der Waals surface area contributed by atoms with E-state index in [1.807, 2.05) is 6.07 Å². The zero-order valence-corrected chi connectivity index (χ0v) is 19.7. The average Bonchev–Trinajstić information content (AvgIpc) is 3.26. The van der Waals surface area contributed by atoms with E-state index in [9.17, 15) is 0 Å². The van der Waals surface area contributed by atoms with E-state index in [4.69, 9.17) is 9.47 Å². The SMILES string of the molecule is CCN(C)CCc1cc(OC)c(Oc2nc(-c3ccc4c(c3)CCCC4)ns2)cc1C. The van der Waals surface area contributed by atoms with Crippen molar-refractivity contribution in [2.24, 2.45) is 0 Å². The standard InChI is InChI=1S/C25H31N3O2S/c1-5-28(3)13-12-19-16-22(29-4)23(14-17(19)2)30-25-26-24(27-31-25)21-11-10-18-8-6-7-9-20(18)15-21/h10-11,14-16H,5-9,12-13H2,1-4H3. The molecule has 3 aromatic rings. The van der Waals surface area contributed by atoms with E-state index in [0.717, 1.165) is 43.1 Å². The Labute approximate surface area is 189 Å². The molecule has 4 rings (SSSR count). The van der Waals surface area contributed by atoms with Crippen LogP contribution in [-0.4, -0.2) is 41.5 Å². The number of fused-ring (bicyclic) bond motifs is 1. The average molecular weight is 438 g/mol. The molecule has 0 bridgehead atoms. The number of ether oxygens (including phenoxy) is 2. The number of hydrogen-bond acceptors (Lipinski definition) is 6. The van der Waals surface area contributed by atoms with Crippen molar-refractivity contribution in [3.63, 3.8) is 0 Å². The number of benzene rings is 2. The molecule has 0 N–H and O–H groups in total. The molecule has 0 fully saturated rings. The van der Waals surface area contributed by atoms with Crippen LogP contribution in [0.4, 0.5) is 0 Å². The molecule has 0 atom stereocenters. The van der Waals surface area contributed by atoms with Crippen LogP contribution in [0.15, 0.2) is 30.3 Å². The van der Waals surface area contributed by atoms with Gasteiger partial charge in [-0.3, -0.25) is 0 Å². The summed E-state index contributed by atoms with van der Waals surface area (Å²) < 4.78 is 16.3. The molecule has 1 aliphatic carbocycles. The van der Waals surface area contributed by atoms with Crippen molar-refractivity contribution in [1.82, 2.24) is 14.3 Å². The molecule has 1 heterocycles. The number of hydrogen-bond donors (Lipinski definition) is 0. The van der Waals surface area contributed by atoms with Crippen molar-refractivity contribution in [2.45, 2.75) is 46.0 Å². The van der Waals surface area contributed by atoms with Gasteiger partial charge < -0.3 is 14.4 Å². The van der Waals surface area contributed by atoms with Crippen LogP contribution in [-0.2, 0) is 19.3 Å². The monoisotopic (exact) mass is 437 g/mol. The van der Waals surface area contributed by atoms with Crippen molar-refractivity contribution in [3.05, 3.63) is 52.6 Å². The fourth-order valence-electron chi connectivity index (χ4n) is 4.02. The van der Waals surface area contributed by atoms with Crippen molar-refractivity contribution in [2.75, 3.05) is 27.2 Å². The molecule has 1 aliphatic rings. The Hall–Kier alpha value is -2.44. The maximum atomic E-state index is 6.11. The minimum Gasteiger partial charge on any atom is -0.493 e. The molecule has 6 heteroatoms. The second kappa shape index (κ2) is 9.79. The number of rotatable bonds is 8. The number of nitrogens with zero attached hydrogens (tertiary/aromatic N) is 3. The molecule has 0 unspecified atom stereocenters. The summed E-state index contributed by atoms with van der Waals surface area (Å²) in [5.74, 6) is 2.13. The molecule has 2 aromatic carbocycles.